The molecule has 3 aromatic rings. The Balaban J connectivity index is 1.33. The van der Waals surface area contributed by atoms with E-state index in [1.54, 1.807) is 7.11 Å². The molecule has 0 radical (unpaired) electrons. The Morgan fingerprint density at radius 3 is 2.72 bits per heavy atom. The number of aliphatic hydroxyl groups excluding tert-OH is 1. The summed E-state index contributed by atoms with van der Waals surface area (Å²) in [6, 6.07) is 17.9. The number of aliphatic hydroxyl groups is 1. The average molecular weight is 412 g/mol. The second-order valence-electron chi connectivity index (χ2n) is 7.12. The fourth-order valence-electron chi connectivity index (χ4n) is 3.09. The largest absolute Gasteiger partial charge is 0.497 e. The first-order valence-electron chi connectivity index (χ1n) is 9.77. The maximum Gasteiger partial charge on any atom is 0.195 e. The van der Waals surface area contributed by atoms with Crippen LogP contribution in [0.25, 0.3) is 5.69 Å². The molecule has 0 bridgehead atoms. The quantitative estimate of drug-likeness (QED) is 0.512. The second-order valence-corrected chi connectivity index (χ2v) is 8.10. The van der Waals surface area contributed by atoms with Crippen LogP contribution in [-0.2, 0) is 11.3 Å². The van der Waals surface area contributed by atoms with Crippen LogP contribution >= 0.6 is 11.8 Å². The number of rotatable bonds is 10. The molecule has 0 unspecified atom stereocenters. The molecule has 2 aromatic carbocycles. The molecular weight excluding hydrogens is 386 g/mol. The molecule has 1 N–H and O–H groups in total. The first kappa shape index (κ1) is 19.9. The van der Waals surface area contributed by atoms with Crippen molar-refractivity contribution in [3.63, 3.8) is 0 Å². The molecule has 1 aliphatic rings. The zero-order chi connectivity index (χ0) is 20.1. The van der Waals surface area contributed by atoms with Gasteiger partial charge in [0, 0.05) is 17.4 Å². The highest BCUT2D eigenvalue weighted by molar-refractivity contribution is 7.99. The molecule has 6 nitrogen and oxygen atoms in total. The van der Waals surface area contributed by atoms with E-state index < -0.39 is 6.10 Å². The molecule has 7 heteroatoms. The van der Waals surface area contributed by atoms with Crippen LogP contribution in [0.4, 0.5) is 0 Å². The van der Waals surface area contributed by atoms with Crippen molar-refractivity contribution in [2.45, 2.75) is 36.6 Å². The number of methoxy groups -OCH3 is 1. The van der Waals surface area contributed by atoms with Crippen molar-refractivity contribution in [2.75, 3.05) is 19.5 Å². The van der Waals surface area contributed by atoms with Gasteiger partial charge in [-0.25, -0.2) is 0 Å². The van der Waals surface area contributed by atoms with E-state index in [9.17, 15) is 5.11 Å². The average Bonchev–Trinajstić information content (AvgIpc) is 3.52. The molecule has 1 atom stereocenters. The van der Waals surface area contributed by atoms with Crippen LogP contribution in [0.5, 0.6) is 5.75 Å². The summed E-state index contributed by atoms with van der Waals surface area (Å²) in [6.45, 7) is 0.699. The highest BCUT2D eigenvalue weighted by Gasteiger charge is 2.31. The lowest BCUT2D eigenvalue weighted by molar-refractivity contribution is 0.0397. The van der Waals surface area contributed by atoms with Crippen molar-refractivity contribution in [3.05, 3.63) is 66.0 Å². The number of ether oxygens (including phenoxy) is 2. The topological polar surface area (TPSA) is 69.4 Å². The summed E-state index contributed by atoms with van der Waals surface area (Å²) in [5.41, 5.74) is 2.08. The molecule has 1 fully saturated rings. The Kier molecular flexibility index (Phi) is 6.49. The normalized spacial score (nSPS) is 14.7. The SMILES string of the molecule is COc1cccc(COC[C@@H](O)CSc2nnc(C3CC3)n2-c2ccccc2)c1. The number of hydrogen-bond acceptors (Lipinski definition) is 6. The molecule has 0 saturated heterocycles. The monoisotopic (exact) mass is 411 g/mol. The zero-order valence-corrected chi connectivity index (χ0v) is 17.2. The molecule has 1 heterocycles. The molecule has 29 heavy (non-hydrogen) atoms. The second kappa shape index (κ2) is 9.43. The van der Waals surface area contributed by atoms with Crippen molar-refractivity contribution in [1.29, 1.82) is 0 Å². The van der Waals surface area contributed by atoms with Crippen molar-refractivity contribution in [1.82, 2.24) is 14.8 Å². The maximum atomic E-state index is 10.4. The van der Waals surface area contributed by atoms with Crippen molar-refractivity contribution >= 4 is 11.8 Å². The predicted molar refractivity (Wildman–Crippen MR) is 113 cm³/mol. The van der Waals surface area contributed by atoms with E-state index in [1.165, 1.54) is 11.8 Å². The summed E-state index contributed by atoms with van der Waals surface area (Å²) >= 11 is 1.51. The van der Waals surface area contributed by atoms with E-state index in [4.69, 9.17) is 9.47 Å². The number of aromatic nitrogens is 3. The van der Waals surface area contributed by atoms with Gasteiger partial charge in [-0.15, -0.1) is 10.2 Å². The molecule has 1 aliphatic carbocycles. The van der Waals surface area contributed by atoms with E-state index >= 15 is 0 Å². The van der Waals surface area contributed by atoms with E-state index in [0.717, 1.165) is 40.8 Å². The third-order valence-electron chi connectivity index (χ3n) is 4.73. The van der Waals surface area contributed by atoms with Gasteiger partial charge in [0.05, 0.1) is 26.4 Å². The van der Waals surface area contributed by atoms with Crippen LogP contribution in [-0.4, -0.2) is 45.4 Å². The van der Waals surface area contributed by atoms with Crippen LogP contribution in [0.3, 0.4) is 0 Å². The minimum atomic E-state index is -0.587. The Morgan fingerprint density at radius 2 is 1.97 bits per heavy atom. The lowest BCUT2D eigenvalue weighted by atomic mass is 10.2. The van der Waals surface area contributed by atoms with Gasteiger partial charge in [-0.1, -0.05) is 42.1 Å². The predicted octanol–water partition coefficient (Wildman–Crippen LogP) is 3.82. The Bertz CT molecular complexity index is 928. The van der Waals surface area contributed by atoms with Crippen molar-refractivity contribution in [2.24, 2.45) is 0 Å². The third kappa shape index (κ3) is 5.18. The fourth-order valence-corrected chi connectivity index (χ4v) is 3.96. The molecular formula is C22H25N3O3S. The molecule has 1 aromatic heterocycles. The lowest BCUT2D eigenvalue weighted by Gasteiger charge is -2.13. The molecule has 0 aliphatic heterocycles. The number of para-hydroxylation sites is 1. The van der Waals surface area contributed by atoms with Gasteiger partial charge < -0.3 is 14.6 Å². The Hall–Kier alpha value is -2.35. The first-order valence-corrected chi connectivity index (χ1v) is 10.8. The van der Waals surface area contributed by atoms with Gasteiger partial charge in [-0.2, -0.15) is 0 Å². The maximum absolute atomic E-state index is 10.4. The van der Waals surface area contributed by atoms with Gasteiger partial charge >= 0.3 is 0 Å². The Morgan fingerprint density at radius 1 is 1.14 bits per heavy atom. The van der Waals surface area contributed by atoms with Crippen LogP contribution in [0.2, 0.25) is 0 Å². The molecule has 1 saturated carbocycles. The molecule has 0 amide bonds. The number of benzene rings is 2. The van der Waals surface area contributed by atoms with E-state index in [0.29, 0.717) is 18.3 Å². The minimum Gasteiger partial charge on any atom is -0.497 e. The van der Waals surface area contributed by atoms with Gasteiger partial charge in [0.1, 0.15) is 11.6 Å². The standard InChI is InChI=1S/C22H25N3O3S/c1-27-20-9-5-6-16(12-20)13-28-14-19(26)15-29-22-24-23-21(17-10-11-17)25(22)18-7-3-2-4-8-18/h2-9,12,17,19,26H,10-11,13-15H2,1H3/t19-/m1/s1. The lowest BCUT2D eigenvalue weighted by Crippen LogP contribution is -2.18. The van der Waals surface area contributed by atoms with Gasteiger partial charge in [0.2, 0.25) is 0 Å². The van der Waals surface area contributed by atoms with Crippen LogP contribution < -0.4 is 4.74 Å². The highest BCUT2D eigenvalue weighted by Crippen LogP contribution is 2.41. The molecule has 0 spiro atoms. The first-order chi connectivity index (χ1) is 14.2. The smallest absolute Gasteiger partial charge is 0.195 e. The summed E-state index contributed by atoms with van der Waals surface area (Å²) in [5.74, 6) is 2.80. The van der Waals surface area contributed by atoms with Crippen LogP contribution in [0.15, 0.2) is 59.8 Å². The van der Waals surface area contributed by atoms with E-state index in [1.807, 2.05) is 42.5 Å². The summed E-state index contributed by atoms with van der Waals surface area (Å²) in [7, 11) is 1.64. The summed E-state index contributed by atoms with van der Waals surface area (Å²) < 4.78 is 13.0. The summed E-state index contributed by atoms with van der Waals surface area (Å²) in [5, 5.41) is 20.0. The fraction of sp³-hybridized carbons (Fsp3) is 0.364. The zero-order valence-electron chi connectivity index (χ0n) is 16.4. The van der Waals surface area contributed by atoms with Crippen molar-refractivity contribution < 1.29 is 14.6 Å². The van der Waals surface area contributed by atoms with E-state index in [-0.39, 0.29) is 6.61 Å². The number of thioether (sulfide) groups is 1. The number of hydrogen-bond donors (Lipinski definition) is 1. The van der Waals surface area contributed by atoms with Crippen molar-refractivity contribution in [3.8, 4) is 11.4 Å². The van der Waals surface area contributed by atoms with Gasteiger partial charge in [-0.05, 0) is 42.7 Å². The molecule has 152 valence electrons. The van der Waals surface area contributed by atoms with Gasteiger partial charge in [-0.3, -0.25) is 4.57 Å². The van der Waals surface area contributed by atoms with Gasteiger partial charge in [0.15, 0.2) is 5.16 Å². The van der Waals surface area contributed by atoms with Crippen LogP contribution in [0.1, 0.15) is 30.1 Å². The number of nitrogens with zero attached hydrogens (tertiary/aromatic N) is 3. The highest BCUT2D eigenvalue weighted by atomic mass is 32.2. The Labute approximate surface area is 174 Å². The molecule has 4 rings (SSSR count). The van der Waals surface area contributed by atoms with Gasteiger partial charge in [0.25, 0.3) is 0 Å². The van der Waals surface area contributed by atoms with Crippen LogP contribution in [0, 0.1) is 0 Å². The van der Waals surface area contributed by atoms with E-state index in [2.05, 4.69) is 26.9 Å². The third-order valence-corrected chi connectivity index (χ3v) is 5.81. The summed E-state index contributed by atoms with van der Waals surface area (Å²) in [4.78, 5) is 0. The minimum absolute atomic E-state index is 0.263. The summed E-state index contributed by atoms with van der Waals surface area (Å²) in [6.07, 6.45) is 1.74.